The number of hydrogen-bond acceptors (Lipinski definition) is 3. The van der Waals surface area contributed by atoms with Gasteiger partial charge in [-0.1, -0.05) is 6.92 Å². The average Bonchev–Trinajstić information content (AvgIpc) is 2.45. The van der Waals surface area contributed by atoms with Gasteiger partial charge in [0.15, 0.2) is 0 Å². The van der Waals surface area contributed by atoms with E-state index < -0.39 is 11.5 Å². The number of anilines is 1. The molecule has 0 aliphatic rings. The number of hydrogen-bond donors (Lipinski definition) is 2. The number of carboxylic acids is 1. The van der Waals surface area contributed by atoms with Crippen molar-refractivity contribution in [2.24, 2.45) is 0 Å². The Kier molecular flexibility index (Phi) is 6.62. The largest absolute Gasteiger partial charge is 0.480 e. The molecule has 0 spiro atoms. The lowest BCUT2D eigenvalue weighted by atomic mass is 9.95. The van der Waals surface area contributed by atoms with Crippen LogP contribution < -0.4 is 10.2 Å². The molecule has 1 aromatic carbocycles. The van der Waals surface area contributed by atoms with E-state index in [-0.39, 0.29) is 5.82 Å². The smallest absolute Gasteiger partial charge is 0.323 e. The molecule has 0 amide bonds. The van der Waals surface area contributed by atoms with E-state index in [0.717, 1.165) is 25.1 Å². The van der Waals surface area contributed by atoms with Gasteiger partial charge < -0.3 is 15.3 Å². The summed E-state index contributed by atoms with van der Waals surface area (Å²) < 4.78 is 12.9. The number of carboxylic acid groups (broad SMARTS) is 1. The van der Waals surface area contributed by atoms with Crippen LogP contribution >= 0.6 is 0 Å². The second-order valence-corrected chi connectivity index (χ2v) is 5.57. The van der Waals surface area contributed by atoms with E-state index in [1.165, 1.54) is 12.1 Å². The third kappa shape index (κ3) is 5.34. The van der Waals surface area contributed by atoms with Crippen molar-refractivity contribution in [3.05, 3.63) is 30.1 Å². The van der Waals surface area contributed by atoms with Crippen LogP contribution in [0, 0.1) is 5.82 Å². The van der Waals surface area contributed by atoms with Gasteiger partial charge in [0, 0.05) is 19.3 Å². The van der Waals surface area contributed by atoms with Crippen molar-refractivity contribution in [2.75, 3.05) is 25.0 Å². The van der Waals surface area contributed by atoms with Crippen molar-refractivity contribution >= 4 is 11.7 Å². The number of benzene rings is 1. The summed E-state index contributed by atoms with van der Waals surface area (Å²) in [6, 6.07) is 6.30. The van der Waals surface area contributed by atoms with Gasteiger partial charge in [-0.25, -0.2) is 4.39 Å². The third-order valence-electron chi connectivity index (χ3n) is 3.67. The lowest BCUT2D eigenvalue weighted by Crippen LogP contribution is -2.50. The van der Waals surface area contributed by atoms with Crippen LogP contribution in [0.4, 0.5) is 10.1 Å². The minimum absolute atomic E-state index is 0.255. The molecule has 0 saturated heterocycles. The van der Waals surface area contributed by atoms with Gasteiger partial charge in [-0.2, -0.15) is 0 Å². The van der Waals surface area contributed by atoms with Crippen LogP contribution in [0.5, 0.6) is 0 Å². The highest BCUT2D eigenvalue weighted by Gasteiger charge is 2.31. The topological polar surface area (TPSA) is 52.6 Å². The minimum Gasteiger partial charge on any atom is -0.480 e. The molecule has 0 bridgehead atoms. The summed E-state index contributed by atoms with van der Waals surface area (Å²) in [6.07, 6.45) is 2.19. The van der Waals surface area contributed by atoms with Gasteiger partial charge in [0.25, 0.3) is 0 Å². The molecule has 5 heteroatoms. The molecule has 0 saturated carbocycles. The lowest BCUT2D eigenvalue weighted by Gasteiger charge is -2.27. The molecule has 0 aromatic heterocycles. The first-order valence-electron chi connectivity index (χ1n) is 7.34. The Labute approximate surface area is 126 Å². The molecule has 0 fully saturated rings. The fourth-order valence-corrected chi connectivity index (χ4v) is 2.17. The van der Waals surface area contributed by atoms with E-state index in [2.05, 4.69) is 5.32 Å². The zero-order valence-electron chi connectivity index (χ0n) is 13.0. The standard InChI is InChI=1S/C16H25FN2O2/c1-4-11-18-16(2,15(20)21)10-5-12-19(3)14-8-6-13(17)7-9-14/h6-9,18H,4-5,10-12H2,1-3H3,(H,20,21). The third-order valence-corrected chi connectivity index (χ3v) is 3.67. The Morgan fingerprint density at radius 1 is 1.38 bits per heavy atom. The highest BCUT2D eigenvalue weighted by Crippen LogP contribution is 2.17. The molecular formula is C16H25FN2O2. The zero-order chi connectivity index (χ0) is 15.9. The lowest BCUT2D eigenvalue weighted by molar-refractivity contribution is -0.144. The number of aliphatic carboxylic acids is 1. The number of rotatable bonds is 9. The van der Waals surface area contributed by atoms with Gasteiger partial charge in [-0.3, -0.25) is 4.79 Å². The summed E-state index contributed by atoms with van der Waals surface area (Å²) >= 11 is 0. The second-order valence-electron chi connectivity index (χ2n) is 5.57. The highest BCUT2D eigenvalue weighted by atomic mass is 19.1. The van der Waals surface area contributed by atoms with E-state index in [4.69, 9.17) is 0 Å². The second kappa shape index (κ2) is 7.98. The molecule has 21 heavy (non-hydrogen) atoms. The van der Waals surface area contributed by atoms with Crippen LogP contribution in [-0.2, 0) is 4.79 Å². The van der Waals surface area contributed by atoms with Crippen LogP contribution in [0.15, 0.2) is 24.3 Å². The minimum atomic E-state index is -0.889. The van der Waals surface area contributed by atoms with Gasteiger partial charge in [0.1, 0.15) is 11.4 Å². The van der Waals surface area contributed by atoms with E-state index in [0.29, 0.717) is 13.0 Å². The maximum Gasteiger partial charge on any atom is 0.323 e. The number of nitrogens with zero attached hydrogens (tertiary/aromatic N) is 1. The molecule has 0 aliphatic heterocycles. The average molecular weight is 296 g/mol. The van der Waals surface area contributed by atoms with Gasteiger partial charge in [-0.05, 0) is 57.0 Å². The Balaban J connectivity index is 2.50. The first kappa shape index (κ1) is 17.4. The van der Waals surface area contributed by atoms with E-state index in [1.54, 1.807) is 19.1 Å². The highest BCUT2D eigenvalue weighted by molar-refractivity contribution is 5.78. The molecule has 1 aromatic rings. The molecule has 0 radical (unpaired) electrons. The maximum atomic E-state index is 12.9. The zero-order valence-corrected chi connectivity index (χ0v) is 13.0. The number of halogens is 1. The fraction of sp³-hybridized carbons (Fsp3) is 0.562. The van der Waals surface area contributed by atoms with Crippen molar-refractivity contribution in [1.29, 1.82) is 0 Å². The van der Waals surface area contributed by atoms with E-state index >= 15 is 0 Å². The summed E-state index contributed by atoms with van der Waals surface area (Å²) in [6.45, 7) is 5.15. The van der Waals surface area contributed by atoms with Crippen LogP contribution in [0.2, 0.25) is 0 Å². The van der Waals surface area contributed by atoms with E-state index in [1.807, 2.05) is 18.9 Å². The first-order valence-corrected chi connectivity index (χ1v) is 7.34. The van der Waals surface area contributed by atoms with Crippen molar-refractivity contribution < 1.29 is 14.3 Å². The molecule has 2 N–H and O–H groups in total. The monoisotopic (exact) mass is 296 g/mol. The summed E-state index contributed by atoms with van der Waals surface area (Å²) in [7, 11) is 1.92. The van der Waals surface area contributed by atoms with Crippen LogP contribution in [0.1, 0.15) is 33.1 Å². The number of nitrogens with one attached hydrogen (secondary N) is 1. The van der Waals surface area contributed by atoms with Crippen LogP contribution in [0.3, 0.4) is 0 Å². The maximum absolute atomic E-state index is 12.9. The summed E-state index contributed by atoms with van der Waals surface area (Å²) in [5.41, 5.74) is 0.0366. The first-order chi connectivity index (χ1) is 9.89. The molecule has 0 aliphatic carbocycles. The van der Waals surface area contributed by atoms with Crippen molar-refractivity contribution in [3.8, 4) is 0 Å². The van der Waals surface area contributed by atoms with Gasteiger partial charge in [-0.15, -0.1) is 0 Å². The fourth-order valence-electron chi connectivity index (χ4n) is 2.17. The van der Waals surface area contributed by atoms with Crippen LogP contribution in [-0.4, -0.2) is 36.8 Å². The van der Waals surface area contributed by atoms with Crippen molar-refractivity contribution in [1.82, 2.24) is 5.32 Å². The molecule has 0 heterocycles. The predicted octanol–water partition coefficient (Wildman–Crippen LogP) is 2.89. The van der Waals surface area contributed by atoms with E-state index in [9.17, 15) is 14.3 Å². The van der Waals surface area contributed by atoms with Gasteiger partial charge in [0.2, 0.25) is 0 Å². The molecule has 4 nitrogen and oxygen atoms in total. The van der Waals surface area contributed by atoms with Gasteiger partial charge >= 0.3 is 5.97 Å². The normalized spacial score (nSPS) is 13.7. The predicted molar refractivity (Wildman–Crippen MR) is 83.2 cm³/mol. The Hall–Kier alpha value is -1.62. The van der Waals surface area contributed by atoms with Crippen molar-refractivity contribution in [2.45, 2.75) is 38.6 Å². The SMILES string of the molecule is CCCNC(C)(CCCN(C)c1ccc(F)cc1)C(=O)O. The quantitative estimate of drug-likeness (QED) is 0.736. The summed E-state index contributed by atoms with van der Waals surface area (Å²) in [4.78, 5) is 13.4. The summed E-state index contributed by atoms with van der Waals surface area (Å²) in [5, 5.41) is 12.5. The van der Waals surface area contributed by atoms with Crippen LogP contribution in [0.25, 0.3) is 0 Å². The molecule has 1 unspecified atom stereocenters. The molecular weight excluding hydrogens is 271 g/mol. The Bertz CT molecular complexity index is 450. The Morgan fingerprint density at radius 2 is 2.00 bits per heavy atom. The summed E-state index contributed by atoms with van der Waals surface area (Å²) in [5.74, 6) is -1.07. The molecule has 118 valence electrons. The molecule has 1 rings (SSSR count). The van der Waals surface area contributed by atoms with Crippen molar-refractivity contribution in [3.63, 3.8) is 0 Å². The molecule has 1 atom stereocenters. The number of carbonyl (C=O) groups is 1. The van der Waals surface area contributed by atoms with Gasteiger partial charge in [0.05, 0.1) is 0 Å². The Morgan fingerprint density at radius 3 is 2.52 bits per heavy atom.